The van der Waals surface area contributed by atoms with Gasteiger partial charge in [0.15, 0.2) is 5.96 Å². The summed E-state index contributed by atoms with van der Waals surface area (Å²) >= 11 is 1.82. The number of nitrogens with two attached hydrogens (primary N) is 1. The average Bonchev–Trinajstić information content (AvgIpc) is 3.09. The molecule has 1 unspecified atom stereocenters. The molecule has 0 saturated carbocycles. The van der Waals surface area contributed by atoms with Gasteiger partial charge in [0.05, 0.1) is 13.1 Å². The third kappa shape index (κ3) is 7.95. The molecule has 0 spiro atoms. The number of hydrogen-bond donors (Lipinski definition) is 4. The lowest BCUT2D eigenvalue weighted by atomic mass is 10.1. The van der Waals surface area contributed by atoms with Crippen LogP contribution < -0.4 is 21.7 Å². The van der Waals surface area contributed by atoms with Crippen molar-refractivity contribution in [3.05, 3.63) is 57.3 Å². The molecule has 1 heterocycles. The molecule has 0 fully saturated rings. The number of nitrogens with one attached hydrogen (secondary N) is 3. The second-order valence-corrected chi connectivity index (χ2v) is 8.18. The van der Waals surface area contributed by atoms with E-state index in [1.54, 1.807) is 12.1 Å². The van der Waals surface area contributed by atoms with Crippen LogP contribution in [0.3, 0.4) is 0 Å². The molecule has 7 nitrogen and oxygen atoms in total. The van der Waals surface area contributed by atoms with Crippen LogP contribution in [0.25, 0.3) is 0 Å². The molecule has 1 aromatic carbocycles. The largest absolute Gasteiger partial charge is 0.368 e. The number of aryl methyl sites for hydroxylation is 1. The van der Waals surface area contributed by atoms with Crippen LogP contribution in [0.4, 0.5) is 0 Å². The van der Waals surface area contributed by atoms with Crippen LogP contribution in [0.15, 0.2) is 41.4 Å². The molecule has 29 heavy (non-hydrogen) atoms. The Labute approximate surface area is 175 Å². The SMILES string of the molecule is CCNC(=NCc1ccc(C(=O)NCC(N)=O)cc1)NC(C)Cc1ccc(C)s1. The number of thiophene rings is 1. The summed E-state index contributed by atoms with van der Waals surface area (Å²) in [5.41, 5.74) is 6.49. The van der Waals surface area contributed by atoms with Gasteiger partial charge in [0.1, 0.15) is 0 Å². The van der Waals surface area contributed by atoms with E-state index < -0.39 is 5.91 Å². The molecule has 8 heteroatoms. The van der Waals surface area contributed by atoms with Crippen LogP contribution in [-0.4, -0.2) is 36.9 Å². The number of rotatable bonds is 9. The quantitative estimate of drug-likeness (QED) is 0.371. The van der Waals surface area contributed by atoms with Crippen molar-refractivity contribution in [2.75, 3.05) is 13.1 Å². The zero-order chi connectivity index (χ0) is 21.2. The van der Waals surface area contributed by atoms with Crippen molar-refractivity contribution < 1.29 is 9.59 Å². The first-order valence-corrected chi connectivity index (χ1v) is 10.4. The van der Waals surface area contributed by atoms with E-state index in [1.165, 1.54) is 9.75 Å². The predicted octanol–water partition coefficient (Wildman–Crippen LogP) is 1.96. The summed E-state index contributed by atoms with van der Waals surface area (Å²) in [6, 6.07) is 11.7. The number of amides is 2. The van der Waals surface area contributed by atoms with E-state index in [9.17, 15) is 9.59 Å². The van der Waals surface area contributed by atoms with Crippen LogP contribution in [-0.2, 0) is 17.8 Å². The van der Waals surface area contributed by atoms with Crippen molar-refractivity contribution >= 4 is 29.1 Å². The topological polar surface area (TPSA) is 109 Å². The Morgan fingerprint density at radius 1 is 1.14 bits per heavy atom. The van der Waals surface area contributed by atoms with Crippen molar-refractivity contribution in [1.29, 1.82) is 0 Å². The lowest BCUT2D eigenvalue weighted by Gasteiger charge is -2.17. The number of aliphatic imine (C=N–C) groups is 1. The molecule has 0 saturated heterocycles. The molecule has 2 amide bonds. The Morgan fingerprint density at radius 2 is 1.86 bits per heavy atom. The maximum atomic E-state index is 11.9. The van der Waals surface area contributed by atoms with Gasteiger partial charge in [0, 0.05) is 34.3 Å². The minimum atomic E-state index is -0.573. The fourth-order valence-corrected chi connectivity index (χ4v) is 3.72. The lowest BCUT2D eigenvalue weighted by molar-refractivity contribution is -0.117. The van der Waals surface area contributed by atoms with E-state index in [0.717, 1.165) is 24.5 Å². The highest BCUT2D eigenvalue weighted by Gasteiger charge is 2.09. The standard InChI is InChI=1S/C21H29N5O2S/c1-4-23-21(26-14(2)11-18-10-5-15(3)29-18)25-12-16-6-8-17(9-7-16)20(28)24-13-19(22)27/h5-10,14H,4,11-13H2,1-3H3,(H2,22,27)(H,24,28)(H2,23,25,26). The minimum Gasteiger partial charge on any atom is -0.368 e. The average molecular weight is 416 g/mol. The third-order valence-electron chi connectivity index (χ3n) is 4.09. The first-order valence-electron chi connectivity index (χ1n) is 9.63. The number of carbonyl (C=O) groups is 2. The van der Waals surface area contributed by atoms with E-state index in [-0.39, 0.29) is 18.5 Å². The van der Waals surface area contributed by atoms with Gasteiger partial charge in [0.2, 0.25) is 5.91 Å². The monoisotopic (exact) mass is 415 g/mol. The van der Waals surface area contributed by atoms with Gasteiger partial charge in [-0.25, -0.2) is 4.99 Å². The van der Waals surface area contributed by atoms with E-state index >= 15 is 0 Å². The van der Waals surface area contributed by atoms with E-state index in [0.29, 0.717) is 12.1 Å². The van der Waals surface area contributed by atoms with Crippen LogP contribution >= 0.6 is 11.3 Å². The zero-order valence-corrected chi connectivity index (χ0v) is 17.9. The number of primary amides is 1. The van der Waals surface area contributed by atoms with Gasteiger partial charge in [-0.3, -0.25) is 9.59 Å². The number of carbonyl (C=O) groups excluding carboxylic acids is 2. The van der Waals surface area contributed by atoms with E-state index in [2.05, 4.69) is 46.9 Å². The van der Waals surface area contributed by atoms with Gasteiger partial charge in [-0.1, -0.05) is 12.1 Å². The molecule has 1 atom stereocenters. The molecule has 1 aromatic heterocycles. The number of hydrogen-bond acceptors (Lipinski definition) is 4. The summed E-state index contributed by atoms with van der Waals surface area (Å²) in [4.78, 5) is 30.0. The molecule has 156 valence electrons. The van der Waals surface area contributed by atoms with E-state index in [4.69, 9.17) is 5.73 Å². The van der Waals surface area contributed by atoms with E-state index in [1.807, 2.05) is 30.4 Å². The van der Waals surface area contributed by atoms with Gasteiger partial charge in [-0.05, 0) is 50.6 Å². The summed E-state index contributed by atoms with van der Waals surface area (Å²) in [6.07, 6.45) is 0.942. The highest BCUT2D eigenvalue weighted by Crippen LogP contribution is 2.16. The predicted molar refractivity (Wildman–Crippen MR) is 118 cm³/mol. The Kier molecular flexibility index (Phi) is 8.67. The molecule has 2 rings (SSSR count). The zero-order valence-electron chi connectivity index (χ0n) is 17.1. The van der Waals surface area contributed by atoms with Crippen molar-refractivity contribution in [1.82, 2.24) is 16.0 Å². The molecule has 0 bridgehead atoms. The minimum absolute atomic E-state index is 0.175. The second kappa shape index (κ2) is 11.2. The Balaban J connectivity index is 1.93. The number of benzene rings is 1. The molecule has 5 N–H and O–H groups in total. The maximum absolute atomic E-state index is 11.9. The molecular formula is C21H29N5O2S. The summed E-state index contributed by atoms with van der Waals surface area (Å²) in [5, 5.41) is 9.17. The highest BCUT2D eigenvalue weighted by molar-refractivity contribution is 7.11. The van der Waals surface area contributed by atoms with Gasteiger partial charge in [-0.15, -0.1) is 11.3 Å². The maximum Gasteiger partial charge on any atom is 0.251 e. The van der Waals surface area contributed by atoms with Crippen molar-refractivity contribution in [2.24, 2.45) is 10.7 Å². The molecular weight excluding hydrogens is 386 g/mol. The fraction of sp³-hybridized carbons (Fsp3) is 0.381. The first kappa shape index (κ1) is 22.4. The Morgan fingerprint density at radius 3 is 2.45 bits per heavy atom. The molecule has 0 radical (unpaired) electrons. The molecule has 0 aliphatic rings. The summed E-state index contributed by atoms with van der Waals surface area (Å²) in [7, 11) is 0. The van der Waals surface area contributed by atoms with Crippen LogP contribution in [0.1, 0.15) is 39.5 Å². The summed E-state index contributed by atoms with van der Waals surface area (Å²) < 4.78 is 0. The van der Waals surface area contributed by atoms with Crippen molar-refractivity contribution in [3.63, 3.8) is 0 Å². The first-order chi connectivity index (χ1) is 13.9. The smallest absolute Gasteiger partial charge is 0.251 e. The number of nitrogens with zero attached hydrogens (tertiary/aromatic N) is 1. The van der Waals surface area contributed by atoms with Crippen molar-refractivity contribution in [2.45, 2.75) is 39.8 Å². The highest BCUT2D eigenvalue weighted by atomic mass is 32.1. The van der Waals surface area contributed by atoms with Gasteiger partial charge >= 0.3 is 0 Å². The molecule has 0 aliphatic carbocycles. The Bertz CT molecular complexity index is 845. The number of guanidine groups is 1. The van der Waals surface area contributed by atoms with Gasteiger partial charge in [0.25, 0.3) is 5.91 Å². The fourth-order valence-electron chi connectivity index (χ4n) is 2.70. The molecule has 2 aromatic rings. The lowest BCUT2D eigenvalue weighted by Crippen LogP contribution is -2.43. The van der Waals surface area contributed by atoms with Crippen LogP contribution in [0.2, 0.25) is 0 Å². The second-order valence-electron chi connectivity index (χ2n) is 6.80. The van der Waals surface area contributed by atoms with Crippen LogP contribution in [0, 0.1) is 6.92 Å². The normalized spacial score (nSPS) is 12.3. The van der Waals surface area contributed by atoms with Crippen molar-refractivity contribution in [3.8, 4) is 0 Å². The Hall–Kier alpha value is -2.87. The molecule has 0 aliphatic heterocycles. The summed E-state index contributed by atoms with van der Waals surface area (Å²) in [6.45, 7) is 7.38. The van der Waals surface area contributed by atoms with Gasteiger partial charge < -0.3 is 21.7 Å². The summed E-state index contributed by atoms with van der Waals surface area (Å²) in [5.74, 6) is -0.140. The third-order valence-corrected chi connectivity index (χ3v) is 5.11. The van der Waals surface area contributed by atoms with Gasteiger partial charge in [-0.2, -0.15) is 0 Å². The van der Waals surface area contributed by atoms with Crippen LogP contribution in [0.5, 0.6) is 0 Å².